The molecule has 3 nitrogen and oxygen atoms in total. The zero-order chi connectivity index (χ0) is 17.7. The molecule has 0 spiro atoms. The molecule has 132 valence electrons. The molecule has 1 aliphatic heterocycles. The highest BCUT2D eigenvalue weighted by Crippen LogP contribution is 2.43. The summed E-state index contributed by atoms with van der Waals surface area (Å²) < 4.78 is 0. The van der Waals surface area contributed by atoms with Crippen molar-refractivity contribution in [1.82, 2.24) is 5.32 Å². The summed E-state index contributed by atoms with van der Waals surface area (Å²) in [5.41, 5.74) is 3.31. The van der Waals surface area contributed by atoms with Crippen LogP contribution in [0, 0.1) is 5.92 Å². The number of thiophene rings is 1. The Morgan fingerprint density at radius 1 is 1.12 bits per heavy atom. The summed E-state index contributed by atoms with van der Waals surface area (Å²) in [5, 5.41) is 10.2. The summed E-state index contributed by atoms with van der Waals surface area (Å²) in [5.74, 6) is 0.837. The van der Waals surface area contributed by atoms with Crippen molar-refractivity contribution in [1.29, 1.82) is 0 Å². The van der Waals surface area contributed by atoms with Gasteiger partial charge in [-0.25, -0.2) is 0 Å². The van der Waals surface area contributed by atoms with Crippen molar-refractivity contribution in [3.8, 4) is 0 Å². The third-order valence-electron chi connectivity index (χ3n) is 5.86. The van der Waals surface area contributed by atoms with Gasteiger partial charge in [0.2, 0.25) is 0 Å². The van der Waals surface area contributed by atoms with Gasteiger partial charge in [-0.3, -0.25) is 4.79 Å². The minimum absolute atomic E-state index is 0.0733. The van der Waals surface area contributed by atoms with Crippen LogP contribution in [0.1, 0.15) is 52.3 Å². The van der Waals surface area contributed by atoms with Gasteiger partial charge in [-0.2, -0.15) is 0 Å². The molecule has 0 bridgehead atoms. The standard InChI is InChI=1S/C22H22N2OS/c1-2-13-10-11-17-18(12-13)26-22-19(17)21(25)23-20(24-22)16-9-5-7-14-6-3-4-8-15(14)16/h3-9,13,20,24H,2,10-12H2,1H3,(H,23,25)/t13-,20+/m1/s1. The van der Waals surface area contributed by atoms with Crippen LogP contribution in [0.3, 0.4) is 0 Å². The van der Waals surface area contributed by atoms with Crippen molar-refractivity contribution in [3.63, 3.8) is 0 Å². The maximum atomic E-state index is 12.9. The largest absolute Gasteiger partial charge is 0.353 e. The first-order valence-electron chi connectivity index (χ1n) is 9.44. The van der Waals surface area contributed by atoms with E-state index in [0.29, 0.717) is 0 Å². The Labute approximate surface area is 157 Å². The van der Waals surface area contributed by atoms with E-state index >= 15 is 0 Å². The molecule has 0 radical (unpaired) electrons. The molecule has 1 aliphatic carbocycles. The predicted octanol–water partition coefficient (Wildman–Crippen LogP) is 5.27. The molecular formula is C22H22N2OS. The minimum atomic E-state index is -0.178. The van der Waals surface area contributed by atoms with Gasteiger partial charge in [0.05, 0.1) is 5.56 Å². The van der Waals surface area contributed by atoms with E-state index in [0.717, 1.165) is 34.9 Å². The number of amides is 1. The van der Waals surface area contributed by atoms with E-state index in [4.69, 9.17) is 0 Å². The van der Waals surface area contributed by atoms with Gasteiger partial charge in [-0.05, 0) is 41.5 Å². The number of benzene rings is 2. The molecule has 0 saturated heterocycles. The fraction of sp³-hybridized carbons (Fsp3) is 0.318. The van der Waals surface area contributed by atoms with Gasteiger partial charge in [0.15, 0.2) is 0 Å². The lowest BCUT2D eigenvalue weighted by molar-refractivity contribution is 0.0935. The molecule has 2 atom stereocenters. The van der Waals surface area contributed by atoms with Crippen molar-refractivity contribution >= 4 is 33.0 Å². The first-order valence-corrected chi connectivity index (χ1v) is 10.3. The maximum absolute atomic E-state index is 12.9. The van der Waals surface area contributed by atoms with E-state index in [1.54, 1.807) is 11.3 Å². The monoisotopic (exact) mass is 362 g/mol. The molecule has 2 N–H and O–H groups in total. The third kappa shape index (κ3) is 2.43. The Balaban J connectivity index is 1.55. The first-order chi connectivity index (χ1) is 12.7. The second-order valence-corrected chi connectivity index (χ2v) is 8.45. The summed E-state index contributed by atoms with van der Waals surface area (Å²) in [4.78, 5) is 14.4. The fourth-order valence-corrected chi connectivity index (χ4v) is 5.76. The van der Waals surface area contributed by atoms with Gasteiger partial charge in [-0.15, -0.1) is 11.3 Å². The van der Waals surface area contributed by atoms with Crippen LogP contribution in [0.25, 0.3) is 10.8 Å². The summed E-state index contributed by atoms with van der Waals surface area (Å²) >= 11 is 1.79. The van der Waals surface area contributed by atoms with Crippen LogP contribution in [0.15, 0.2) is 42.5 Å². The number of carbonyl (C=O) groups is 1. The quantitative estimate of drug-likeness (QED) is 0.652. The SMILES string of the molecule is CC[C@@H]1CCc2c(sc3c2C(=O)N[C@H](c2cccc4ccccc24)N3)C1. The number of nitrogens with one attached hydrogen (secondary N) is 2. The Hall–Kier alpha value is -2.33. The molecule has 2 aliphatic rings. The Morgan fingerprint density at radius 3 is 2.85 bits per heavy atom. The number of rotatable bonds is 2. The van der Waals surface area contributed by atoms with Gasteiger partial charge in [0.25, 0.3) is 5.91 Å². The van der Waals surface area contributed by atoms with Gasteiger partial charge in [0.1, 0.15) is 11.2 Å². The molecule has 4 heteroatoms. The van der Waals surface area contributed by atoms with Crippen molar-refractivity contribution in [2.24, 2.45) is 5.92 Å². The van der Waals surface area contributed by atoms with E-state index in [2.05, 4.69) is 60.0 Å². The van der Waals surface area contributed by atoms with E-state index in [-0.39, 0.29) is 12.1 Å². The van der Waals surface area contributed by atoms with Crippen molar-refractivity contribution in [3.05, 3.63) is 64.0 Å². The summed E-state index contributed by atoms with van der Waals surface area (Å²) in [7, 11) is 0. The van der Waals surface area contributed by atoms with E-state index in [1.165, 1.54) is 34.1 Å². The molecule has 2 aromatic carbocycles. The average Bonchev–Trinajstić information content (AvgIpc) is 3.05. The third-order valence-corrected chi connectivity index (χ3v) is 7.04. The Bertz CT molecular complexity index is 1000. The number of anilines is 1. The molecule has 1 amide bonds. The highest BCUT2D eigenvalue weighted by atomic mass is 32.1. The smallest absolute Gasteiger partial charge is 0.256 e. The van der Waals surface area contributed by atoms with E-state index < -0.39 is 0 Å². The second kappa shape index (κ2) is 6.13. The molecule has 26 heavy (non-hydrogen) atoms. The summed E-state index contributed by atoms with van der Waals surface area (Å²) in [6.45, 7) is 2.27. The van der Waals surface area contributed by atoms with Crippen molar-refractivity contribution in [2.45, 2.75) is 38.8 Å². The van der Waals surface area contributed by atoms with Gasteiger partial charge >= 0.3 is 0 Å². The number of hydrogen-bond donors (Lipinski definition) is 2. The predicted molar refractivity (Wildman–Crippen MR) is 108 cm³/mol. The number of carbonyl (C=O) groups excluding carboxylic acids is 1. The molecule has 3 aromatic rings. The minimum Gasteiger partial charge on any atom is -0.353 e. The van der Waals surface area contributed by atoms with Crippen LogP contribution in [-0.2, 0) is 12.8 Å². The first kappa shape index (κ1) is 15.9. The lowest BCUT2D eigenvalue weighted by atomic mass is 9.85. The summed E-state index contributed by atoms with van der Waals surface area (Å²) in [6, 6.07) is 14.6. The number of fused-ring (bicyclic) bond motifs is 4. The van der Waals surface area contributed by atoms with Crippen molar-refractivity contribution in [2.75, 3.05) is 5.32 Å². The van der Waals surface area contributed by atoms with Crippen LogP contribution in [0.4, 0.5) is 5.00 Å². The van der Waals surface area contributed by atoms with Crippen LogP contribution in [-0.4, -0.2) is 5.91 Å². The fourth-order valence-electron chi connectivity index (χ4n) is 4.37. The summed E-state index contributed by atoms with van der Waals surface area (Å²) in [6.07, 6.45) is 4.40. The lowest BCUT2D eigenvalue weighted by Crippen LogP contribution is -2.38. The topological polar surface area (TPSA) is 41.1 Å². The van der Waals surface area contributed by atoms with Gasteiger partial charge in [0, 0.05) is 10.4 Å². The van der Waals surface area contributed by atoms with Crippen molar-refractivity contribution < 1.29 is 4.79 Å². The highest BCUT2D eigenvalue weighted by Gasteiger charge is 2.33. The molecule has 2 heterocycles. The molecule has 0 fully saturated rings. The van der Waals surface area contributed by atoms with Crippen LogP contribution < -0.4 is 10.6 Å². The average molecular weight is 362 g/mol. The normalized spacial score (nSPS) is 21.7. The van der Waals surface area contributed by atoms with Crippen LogP contribution in [0.2, 0.25) is 0 Å². The molecular weight excluding hydrogens is 340 g/mol. The second-order valence-electron chi connectivity index (χ2n) is 7.34. The molecule has 0 saturated carbocycles. The zero-order valence-electron chi connectivity index (χ0n) is 14.8. The maximum Gasteiger partial charge on any atom is 0.256 e. The van der Waals surface area contributed by atoms with Crippen LogP contribution in [0.5, 0.6) is 0 Å². The number of hydrogen-bond acceptors (Lipinski definition) is 3. The Morgan fingerprint density at radius 2 is 1.96 bits per heavy atom. The van der Waals surface area contributed by atoms with E-state index in [9.17, 15) is 4.79 Å². The molecule has 0 unspecified atom stereocenters. The zero-order valence-corrected chi connectivity index (χ0v) is 15.7. The molecule has 5 rings (SSSR count). The highest BCUT2D eigenvalue weighted by molar-refractivity contribution is 7.16. The Kier molecular flexibility index (Phi) is 3.75. The van der Waals surface area contributed by atoms with Gasteiger partial charge in [-0.1, -0.05) is 55.8 Å². The molecule has 1 aromatic heterocycles. The van der Waals surface area contributed by atoms with E-state index in [1.807, 2.05) is 0 Å². The van der Waals surface area contributed by atoms with Crippen LogP contribution >= 0.6 is 11.3 Å². The van der Waals surface area contributed by atoms with Gasteiger partial charge < -0.3 is 10.6 Å². The lowest BCUT2D eigenvalue weighted by Gasteiger charge is -2.28.